The fourth-order valence-electron chi connectivity index (χ4n) is 4.64. The fourth-order valence-corrected chi connectivity index (χ4v) is 4.64. The van der Waals surface area contributed by atoms with Crippen molar-refractivity contribution < 1.29 is 9.84 Å². The topological polar surface area (TPSA) is 67.6 Å². The molecule has 1 atom stereocenters. The van der Waals surface area contributed by atoms with Crippen LogP contribution < -0.4 is 5.56 Å². The molecule has 0 spiro atoms. The highest BCUT2D eigenvalue weighted by Gasteiger charge is 2.35. The zero-order chi connectivity index (χ0) is 17.3. The van der Waals surface area contributed by atoms with E-state index in [0.29, 0.717) is 25.8 Å². The minimum atomic E-state index is -0.535. The number of hydrogen-bond acceptors (Lipinski definition) is 5. The van der Waals surface area contributed by atoms with Crippen LogP contribution in [-0.2, 0) is 24.3 Å². The van der Waals surface area contributed by atoms with Crippen molar-refractivity contribution in [1.82, 2.24) is 14.7 Å². The summed E-state index contributed by atoms with van der Waals surface area (Å²) in [6, 6.07) is 1.99. The third-order valence-corrected chi connectivity index (χ3v) is 6.07. The number of nitrogens with zero attached hydrogens (tertiary/aromatic N) is 3. The predicted octanol–water partition coefficient (Wildman–Crippen LogP) is 1.48. The molecule has 1 saturated carbocycles. The van der Waals surface area contributed by atoms with Gasteiger partial charge in [0.15, 0.2) is 0 Å². The van der Waals surface area contributed by atoms with Gasteiger partial charge in [0.1, 0.15) is 0 Å². The van der Waals surface area contributed by atoms with E-state index in [1.165, 1.54) is 6.42 Å². The zero-order valence-electron chi connectivity index (χ0n) is 15.0. The molecule has 1 N–H and O–H groups in total. The third kappa shape index (κ3) is 3.81. The van der Waals surface area contributed by atoms with Crippen LogP contribution in [0.4, 0.5) is 0 Å². The summed E-state index contributed by atoms with van der Waals surface area (Å²) in [4.78, 5) is 14.8. The molecule has 1 aliphatic carbocycles. The second-order valence-corrected chi connectivity index (χ2v) is 7.99. The Hall–Kier alpha value is -1.24. The second kappa shape index (κ2) is 7.17. The standard InChI is InChI=1S/C19H29N3O3/c23-18-11-15-13-25-10-6-17(15)20-22(18)12-16-5-4-9-21(16)14-19(24)7-2-1-3-8-19/h11,16,24H,1-10,12-14H2. The molecule has 3 aliphatic rings. The molecule has 1 aromatic heterocycles. The van der Waals surface area contributed by atoms with E-state index in [1.54, 1.807) is 10.7 Å². The molecule has 3 heterocycles. The van der Waals surface area contributed by atoms with Crippen molar-refractivity contribution in [2.45, 2.75) is 76.2 Å². The number of rotatable bonds is 4. The Morgan fingerprint density at radius 2 is 2.12 bits per heavy atom. The Morgan fingerprint density at radius 1 is 1.28 bits per heavy atom. The van der Waals surface area contributed by atoms with Gasteiger partial charge in [0.2, 0.25) is 0 Å². The maximum absolute atomic E-state index is 12.4. The first-order chi connectivity index (χ1) is 12.1. The van der Waals surface area contributed by atoms with Crippen LogP contribution in [0.2, 0.25) is 0 Å². The van der Waals surface area contributed by atoms with Crippen LogP contribution in [0.15, 0.2) is 10.9 Å². The molecule has 0 amide bonds. The highest BCUT2D eigenvalue weighted by Crippen LogP contribution is 2.31. The highest BCUT2D eigenvalue weighted by atomic mass is 16.5. The average molecular weight is 347 g/mol. The molecule has 1 unspecified atom stereocenters. The minimum absolute atomic E-state index is 0.0347. The lowest BCUT2D eigenvalue weighted by atomic mass is 9.84. The van der Waals surface area contributed by atoms with Crippen molar-refractivity contribution in [2.24, 2.45) is 0 Å². The van der Waals surface area contributed by atoms with Crippen LogP contribution in [0.25, 0.3) is 0 Å². The summed E-state index contributed by atoms with van der Waals surface area (Å²) in [6.07, 6.45) is 8.30. The summed E-state index contributed by atoms with van der Waals surface area (Å²) in [7, 11) is 0. The van der Waals surface area contributed by atoms with Crippen LogP contribution in [0, 0.1) is 0 Å². The van der Waals surface area contributed by atoms with Gasteiger partial charge in [-0.25, -0.2) is 4.68 Å². The second-order valence-electron chi connectivity index (χ2n) is 7.99. The fraction of sp³-hybridized carbons (Fsp3) is 0.789. The van der Waals surface area contributed by atoms with Crippen LogP contribution in [0.1, 0.15) is 56.2 Å². The number of likely N-dealkylation sites (tertiary alicyclic amines) is 1. The van der Waals surface area contributed by atoms with E-state index < -0.39 is 5.60 Å². The first-order valence-electron chi connectivity index (χ1n) is 9.77. The Kier molecular flexibility index (Phi) is 4.93. The van der Waals surface area contributed by atoms with Gasteiger partial charge in [-0.3, -0.25) is 9.69 Å². The molecule has 6 heteroatoms. The SMILES string of the molecule is O=c1cc2c(nn1CC1CCCN1CC1(O)CCCCC1)CCOC2. The molecule has 1 saturated heterocycles. The van der Waals surface area contributed by atoms with Gasteiger partial charge in [0.05, 0.1) is 31.1 Å². The Bertz CT molecular complexity index is 666. The third-order valence-electron chi connectivity index (χ3n) is 6.07. The lowest BCUT2D eigenvalue weighted by molar-refractivity contribution is -0.0305. The van der Waals surface area contributed by atoms with Crippen molar-refractivity contribution in [3.05, 3.63) is 27.7 Å². The zero-order valence-corrected chi connectivity index (χ0v) is 15.0. The number of β-amino-alcohol motifs (C(OH)–C–C–N with tert-alkyl or cyclic N) is 1. The van der Waals surface area contributed by atoms with Gasteiger partial charge in [-0.2, -0.15) is 5.10 Å². The lowest BCUT2D eigenvalue weighted by Crippen LogP contribution is -2.48. The first-order valence-corrected chi connectivity index (χ1v) is 9.77. The van der Waals surface area contributed by atoms with Gasteiger partial charge in [0.25, 0.3) is 5.56 Å². The molecular weight excluding hydrogens is 318 g/mol. The smallest absolute Gasteiger partial charge is 0.267 e. The maximum atomic E-state index is 12.4. The molecule has 6 nitrogen and oxygen atoms in total. The van der Waals surface area contributed by atoms with Gasteiger partial charge >= 0.3 is 0 Å². The van der Waals surface area contributed by atoms with E-state index >= 15 is 0 Å². The van der Waals surface area contributed by atoms with Gasteiger partial charge in [-0.15, -0.1) is 0 Å². The summed E-state index contributed by atoms with van der Waals surface area (Å²) < 4.78 is 7.05. The molecule has 138 valence electrons. The number of aromatic nitrogens is 2. The minimum Gasteiger partial charge on any atom is -0.389 e. The first kappa shape index (κ1) is 17.2. The van der Waals surface area contributed by atoms with Crippen molar-refractivity contribution in [3.8, 4) is 0 Å². The van der Waals surface area contributed by atoms with Gasteiger partial charge in [0, 0.05) is 30.6 Å². The van der Waals surface area contributed by atoms with E-state index in [4.69, 9.17) is 4.74 Å². The average Bonchev–Trinajstić information content (AvgIpc) is 3.02. The van der Waals surface area contributed by atoms with E-state index in [9.17, 15) is 9.90 Å². The van der Waals surface area contributed by atoms with Crippen LogP contribution in [0.3, 0.4) is 0 Å². The summed E-state index contributed by atoms with van der Waals surface area (Å²) in [5, 5.41) is 15.5. The molecule has 0 aromatic carbocycles. The molecule has 0 bridgehead atoms. The quantitative estimate of drug-likeness (QED) is 0.893. The van der Waals surface area contributed by atoms with Crippen LogP contribution in [-0.4, -0.2) is 51.1 Å². The summed E-state index contributed by atoms with van der Waals surface area (Å²) in [5.41, 5.74) is 1.37. The molecular formula is C19H29N3O3. The molecule has 4 rings (SSSR count). The van der Waals surface area contributed by atoms with E-state index in [0.717, 1.165) is 69.3 Å². The Morgan fingerprint density at radius 3 is 2.96 bits per heavy atom. The van der Waals surface area contributed by atoms with Gasteiger partial charge in [-0.1, -0.05) is 19.3 Å². The molecule has 2 aliphatic heterocycles. The lowest BCUT2D eigenvalue weighted by Gasteiger charge is -2.37. The Labute approximate surface area is 148 Å². The maximum Gasteiger partial charge on any atom is 0.267 e. The summed E-state index contributed by atoms with van der Waals surface area (Å²) in [5.74, 6) is 0. The van der Waals surface area contributed by atoms with Crippen LogP contribution in [0.5, 0.6) is 0 Å². The van der Waals surface area contributed by atoms with Crippen molar-refractivity contribution in [2.75, 3.05) is 19.7 Å². The van der Waals surface area contributed by atoms with E-state index in [1.807, 2.05) is 0 Å². The molecule has 2 fully saturated rings. The predicted molar refractivity (Wildman–Crippen MR) is 94.5 cm³/mol. The van der Waals surface area contributed by atoms with Crippen molar-refractivity contribution in [3.63, 3.8) is 0 Å². The van der Waals surface area contributed by atoms with Gasteiger partial charge < -0.3 is 9.84 Å². The highest BCUT2D eigenvalue weighted by molar-refractivity contribution is 5.18. The number of aliphatic hydroxyl groups is 1. The number of ether oxygens (including phenoxy) is 1. The number of hydrogen-bond donors (Lipinski definition) is 1. The Balaban J connectivity index is 1.47. The van der Waals surface area contributed by atoms with Gasteiger partial charge in [-0.05, 0) is 32.2 Å². The molecule has 25 heavy (non-hydrogen) atoms. The number of fused-ring (bicyclic) bond motifs is 1. The largest absolute Gasteiger partial charge is 0.389 e. The summed E-state index contributed by atoms with van der Waals surface area (Å²) >= 11 is 0. The normalized spacial score (nSPS) is 26.5. The van der Waals surface area contributed by atoms with E-state index in [2.05, 4.69) is 10.00 Å². The van der Waals surface area contributed by atoms with Crippen molar-refractivity contribution in [1.29, 1.82) is 0 Å². The van der Waals surface area contributed by atoms with E-state index in [-0.39, 0.29) is 5.56 Å². The molecule has 1 aromatic rings. The molecule has 0 radical (unpaired) electrons. The summed E-state index contributed by atoms with van der Waals surface area (Å²) in [6.45, 7) is 3.57. The van der Waals surface area contributed by atoms with Crippen LogP contribution >= 0.6 is 0 Å². The van der Waals surface area contributed by atoms with Crippen molar-refractivity contribution >= 4 is 0 Å². The monoisotopic (exact) mass is 347 g/mol.